The van der Waals surface area contributed by atoms with Gasteiger partial charge in [-0.05, 0) is 78.1 Å². The first kappa shape index (κ1) is 24.2. The maximum Gasteiger partial charge on any atom is 0.335 e. The lowest BCUT2D eigenvalue weighted by atomic mass is 9.83. The SMILES string of the molecule is Cc1cc(/C(C[C@@H](c2ccc(-c3ccc(C(=O)O)cc3)cc2)c2ccc(Cl)cc2C)=N/O)ccn1. The Balaban J connectivity index is 1.71. The van der Waals surface area contributed by atoms with Gasteiger partial charge in [0, 0.05) is 34.8 Å². The molecular weight excluding hydrogens is 460 g/mol. The van der Waals surface area contributed by atoms with Crippen LogP contribution in [0.15, 0.2) is 90.2 Å². The number of rotatable bonds is 7. The van der Waals surface area contributed by atoms with Gasteiger partial charge in [0.25, 0.3) is 0 Å². The molecule has 3 aromatic carbocycles. The Labute approximate surface area is 209 Å². The van der Waals surface area contributed by atoms with E-state index in [1.165, 1.54) is 0 Å². The van der Waals surface area contributed by atoms with Gasteiger partial charge in [-0.2, -0.15) is 0 Å². The molecule has 5 nitrogen and oxygen atoms in total. The molecule has 35 heavy (non-hydrogen) atoms. The molecule has 0 aliphatic rings. The van der Waals surface area contributed by atoms with Crippen molar-refractivity contribution < 1.29 is 15.1 Å². The third-order valence-corrected chi connectivity index (χ3v) is 6.37. The standard InChI is InChI=1S/C29H25ClN2O3/c1-18-15-25(30)11-12-26(18)27(17-28(32-35)24-13-14-31-19(2)16-24)22-7-3-20(4-8-22)21-5-9-23(10-6-21)29(33)34/h3-16,27,35H,17H2,1-2H3,(H,33,34)/b32-28+/t27-/m0/s1. The minimum Gasteiger partial charge on any atom is -0.478 e. The van der Waals surface area contributed by atoms with Gasteiger partial charge in [0.1, 0.15) is 0 Å². The number of oxime groups is 1. The lowest BCUT2D eigenvalue weighted by molar-refractivity contribution is 0.0697. The van der Waals surface area contributed by atoms with Crippen molar-refractivity contribution >= 4 is 23.3 Å². The molecule has 0 fully saturated rings. The Morgan fingerprint density at radius 2 is 1.57 bits per heavy atom. The average Bonchev–Trinajstić information content (AvgIpc) is 2.86. The minimum absolute atomic E-state index is 0.0740. The third kappa shape index (κ3) is 5.58. The van der Waals surface area contributed by atoms with Crippen LogP contribution in [0, 0.1) is 13.8 Å². The Bertz CT molecular complexity index is 1380. The summed E-state index contributed by atoms with van der Waals surface area (Å²) in [5, 5.41) is 23.3. The first-order valence-electron chi connectivity index (χ1n) is 11.2. The first-order valence-corrected chi connectivity index (χ1v) is 11.6. The summed E-state index contributed by atoms with van der Waals surface area (Å²) in [4.78, 5) is 15.4. The Morgan fingerprint density at radius 3 is 2.14 bits per heavy atom. The molecule has 1 atom stereocenters. The molecular formula is C29H25ClN2O3. The van der Waals surface area contributed by atoms with Crippen molar-refractivity contribution in [1.82, 2.24) is 4.98 Å². The van der Waals surface area contributed by atoms with Crippen molar-refractivity contribution in [1.29, 1.82) is 0 Å². The highest BCUT2D eigenvalue weighted by Crippen LogP contribution is 2.34. The van der Waals surface area contributed by atoms with Crippen LogP contribution in [0.4, 0.5) is 0 Å². The summed E-state index contributed by atoms with van der Waals surface area (Å²) in [5.74, 6) is -1.02. The fourth-order valence-electron chi connectivity index (χ4n) is 4.29. The third-order valence-electron chi connectivity index (χ3n) is 6.13. The van der Waals surface area contributed by atoms with Crippen LogP contribution < -0.4 is 0 Å². The van der Waals surface area contributed by atoms with E-state index in [0.29, 0.717) is 17.2 Å². The molecule has 0 saturated carbocycles. The summed E-state index contributed by atoms with van der Waals surface area (Å²) >= 11 is 6.23. The van der Waals surface area contributed by atoms with E-state index in [2.05, 4.69) is 22.3 Å². The number of carbonyl (C=O) groups is 1. The highest BCUT2D eigenvalue weighted by atomic mass is 35.5. The van der Waals surface area contributed by atoms with Crippen LogP contribution in [0.1, 0.15) is 50.6 Å². The summed E-state index contributed by atoms with van der Waals surface area (Å²) < 4.78 is 0. The maximum atomic E-state index is 11.1. The van der Waals surface area contributed by atoms with Gasteiger partial charge in [-0.25, -0.2) is 4.79 Å². The van der Waals surface area contributed by atoms with E-state index in [1.54, 1.807) is 18.3 Å². The molecule has 0 amide bonds. The van der Waals surface area contributed by atoms with Crippen molar-refractivity contribution in [2.24, 2.45) is 5.16 Å². The smallest absolute Gasteiger partial charge is 0.335 e. The predicted molar refractivity (Wildman–Crippen MR) is 139 cm³/mol. The number of pyridine rings is 1. The van der Waals surface area contributed by atoms with Gasteiger partial charge >= 0.3 is 5.97 Å². The van der Waals surface area contributed by atoms with E-state index in [9.17, 15) is 10.0 Å². The summed E-state index contributed by atoms with van der Waals surface area (Å²) in [5.41, 5.74) is 7.64. The van der Waals surface area contributed by atoms with Gasteiger partial charge < -0.3 is 10.3 Å². The molecule has 0 spiro atoms. The maximum absolute atomic E-state index is 11.1. The summed E-state index contributed by atoms with van der Waals surface area (Å²) in [6.45, 7) is 3.93. The van der Waals surface area contributed by atoms with E-state index < -0.39 is 5.97 Å². The van der Waals surface area contributed by atoms with Crippen molar-refractivity contribution in [2.75, 3.05) is 0 Å². The van der Waals surface area contributed by atoms with E-state index >= 15 is 0 Å². The molecule has 176 valence electrons. The van der Waals surface area contributed by atoms with Crippen LogP contribution in [0.25, 0.3) is 11.1 Å². The molecule has 4 aromatic rings. The lowest BCUT2D eigenvalue weighted by Gasteiger charge is -2.21. The number of aromatic carboxylic acids is 1. The molecule has 0 bridgehead atoms. The Hall–Kier alpha value is -3.96. The average molecular weight is 485 g/mol. The van der Waals surface area contributed by atoms with Crippen LogP contribution in [0.2, 0.25) is 5.02 Å². The number of carboxylic acids is 1. The van der Waals surface area contributed by atoms with Gasteiger partial charge in [-0.1, -0.05) is 59.2 Å². The van der Waals surface area contributed by atoms with Crippen LogP contribution in [0.5, 0.6) is 0 Å². The number of aromatic nitrogens is 1. The zero-order valence-electron chi connectivity index (χ0n) is 19.4. The molecule has 6 heteroatoms. The molecule has 0 aliphatic heterocycles. The molecule has 0 saturated heterocycles. The van der Waals surface area contributed by atoms with Crippen molar-refractivity contribution in [3.05, 3.63) is 124 Å². The number of aryl methyl sites for hydroxylation is 2. The normalized spacial score (nSPS) is 12.4. The molecule has 0 unspecified atom stereocenters. The van der Waals surface area contributed by atoms with E-state index in [1.807, 2.05) is 68.4 Å². The molecule has 4 rings (SSSR count). The second-order valence-corrected chi connectivity index (χ2v) is 8.93. The lowest BCUT2D eigenvalue weighted by Crippen LogP contribution is -2.12. The topological polar surface area (TPSA) is 82.8 Å². The van der Waals surface area contributed by atoms with Crippen LogP contribution in [-0.2, 0) is 0 Å². The van der Waals surface area contributed by atoms with Gasteiger partial charge in [-0.3, -0.25) is 4.98 Å². The summed E-state index contributed by atoms with van der Waals surface area (Å²) in [6, 6.07) is 24.6. The van der Waals surface area contributed by atoms with Gasteiger partial charge in [-0.15, -0.1) is 0 Å². The van der Waals surface area contributed by atoms with Crippen molar-refractivity contribution in [2.45, 2.75) is 26.2 Å². The second kappa shape index (κ2) is 10.5. The van der Waals surface area contributed by atoms with Crippen LogP contribution >= 0.6 is 11.6 Å². The fourth-order valence-corrected chi connectivity index (χ4v) is 4.51. The van der Waals surface area contributed by atoms with E-state index in [-0.39, 0.29) is 11.5 Å². The van der Waals surface area contributed by atoms with E-state index in [0.717, 1.165) is 39.1 Å². The first-order chi connectivity index (χ1) is 16.9. The number of carboxylic acid groups (broad SMARTS) is 1. The largest absolute Gasteiger partial charge is 0.478 e. The van der Waals surface area contributed by atoms with Crippen molar-refractivity contribution in [3.8, 4) is 11.1 Å². The number of hydrogen-bond donors (Lipinski definition) is 2. The van der Waals surface area contributed by atoms with Gasteiger partial charge in [0.05, 0.1) is 11.3 Å². The monoisotopic (exact) mass is 484 g/mol. The molecule has 1 heterocycles. The zero-order chi connectivity index (χ0) is 24.9. The number of benzene rings is 3. The highest BCUT2D eigenvalue weighted by Gasteiger charge is 2.21. The summed E-state index contributed by atoms with van der Waals surface area (Å²) in [7, 11) is 0. The number of nitrogens with zero attached hydrogens (tertiary/aromatic N) is 2. The molecule has 0 aliphatic carbocycles. The quantitative estimate of drug-likeness (QED) is 0.166. The molecule has 1 aromatic heterocycles. The molecule has 2 N–H and O–H groups in total. The zero-order valence-corrected chi connectivity index (χ0v) is 20.2. The Morgan fingerprint density at radius 1 is 0.914 bits per heavy atom. The van der Waals surface area contributed by atoms with Crippen LogP contribution in [-0.4, -0.2) is 27.0 Å². The van der Waals surface area contributed by atoms with E-state index in [4.69, 9.17) is 16.7 Å². The second-order valence-electron chi connectivity index (χ2n) is 8.49. The van der Waals surface area contributed by atoms with Gasteiger partial charge in [0.15, 0.2) is 0 Å². The summed E-state index contributed by atoms with van der Waals surface area (Å²) in [6.07, 6.45) is 2.19. The Kier molecular flexibility index (Phi) is 7.28. The predicted octanol–water partition coefficient (Wildman–Crippen LogP) is 7.12. The van der Waals surface area contributed by atoms with Crippen molar-refractivity contribution in [3.63, 3.8) is 0 Å². The van der Waals surface area contributed by atoms with Gasteiger partial charge in [0.2, 0.25) is 0 Å². The number of halogens is 1. The molecule has 0 radical (unpaired) electrons. The number of hydrogen-bond acceptors (Lipinski definition) is 4. The fraction of sp³-hybridized carbons (Fsp3) is 0.138. The minimum atomic E-state index is -0.946. The van der Waals surface area contributed by atoms with Crippen LogP contribution in [0.3, 0.4) is 0 Å². The highest BCUT2D eigenvalue weighted by molar-refractivity contribution is 6.30.